The average Bonchev–Trinajstić information content (AvgIpc) is 2.79. The van der Waals surface area contributed by atoms with Crippen LogP contribution in [0.4, 0.5) is 11.4 Å². The number of benzene rings is 1. The molecule has 1 aromatic carbocycles. The van der Waals surface area contributed by atoms with Gasteiger partial charge in [-0.15, -0.1) is 0 Å². The van der Waals surface area contributed by atoms with E-state index >= 15 is 0 Å². The van der Waals surface area contributed by atoms with E-state index < -0.39 is 0 Å². The molecule has 1 amide bonds. The lowest BCUT2D eigenvalue weighted by atomic mass is 10.2. The number of nitrogens with two attached hydrogens (primary N) is 1. The van der Waals surface area contributed by atoms with Crippen molar-refractivity contribution >= 4 is 17.3 Å². The second-order valence-electron chi connectivity index (χ2n) is 4.84. The third-order valence-electron chi connectivity index (χ3n) is 3.23. The largest absolute Gasteiger partial charge is 0.399 e. The van der Waals surface area contributed by atoms with Crippen LogP contribution in [0.1, 0.15) is 19.8 Å². The van der Waals surface area contributed by atoms with Crippen molar-refractivity contribution in [3.8, 4) is 0 Å². The summed E-state index contributed by atoms with van der Waals surface area (Å²) in [5.74, 6) is -0.0800. The fourth-order valence-electron chi connectivity index (χ4n) is 2.11. The van der Waals surface area contributed by atoms with Crippen LogP contribution >= 0.6 is 0 Å². The summed E-state index contributed by atoms with van der Waals surface area (Å²) in [6.07, 6.45) is 4.48. The summed E-state index contributed by atoms with van der Waals surface area (Å²) in [7, 11) is 0. The molecular weight excluding hydrogens is 268 g/mol. The molecule has 0 bridgehead atoms. The van der Waals surface area contributed by atoms with Gasteiger partial charge in [0.2, 0.25) is 5.91 Å². The van der Waals surface area contributed by atoms with Gasteiger partial charge in [-0.1, -0.05) is 6.07 Å². The molecule has 6 nitrogen and oxygen atoms in total. The monoisotopic (exact) mass is 288 g/mol. The highest BCUT2D eigenvalue weighted by Crippen LogP contribution is 2.12. The molecule has 0 fully saturated rings. The minimum atomic E-state index is -0.0800. The van der Waals surface area contributed by atoms with Gasteiger partial charge in [0.15, 0.2) is 0 Å². The van der Waals surface area contributed by atoms with E-state index in [0.717, 1.165) is 0 Å². The molecule has 112 valence electrons. The minimum Gasteiger partial charge on any atom is -0.399 e. The smallest absolute Gasteiger partial charge is 0.328 e. The van der Waals surface area contributed by atoms with Crippen LogP contribution in [0.25, 0.3) is 0 Å². The summed E-state index contributed by atoms with van der Waals surface area (Å²) in [5, 5.41) is 2.79. The maximum absolute atomic E-state index is 11.8. The number of carbonyl (C=O) groups is 1. The van der Waals surface area contributed by atoms with Gasteiger partial charge in [-0.2, -0.15) is 0 Å². The lowest BCUT2D eigenvalue weighted by Gasteiger charge is -2.06. The Balaban J connectivity index is 1.81. The molecule has 0 saturated carbocycles. The fourth-order valence-corrected chi connectivity index (χ4v) is 2.11. The maximum Gasteiger partial charge on any atom is 0.328 e. The van der Waals surface area contributed by atoms with Crippen LogP contribution in [0.3, 0.4) is 0 Å². The minimum absolute atomic E-state index is 0.0336. The quantitative estimate of drug-likeness (QED) is 0.793. The van der Waals surface area contributed by atoms with Crippen LogP contribution in [0.15, 0.2) is 41.5 Å². The van der Waals surface area contributed by atoms with Crippen molar-refractivity contribution in [2.24, 2.45) is 0 Å². The maximum atomic E-state index is 11.8. The van der Waals surface area contributed by atoms with Crippen LogP contribution in [-0.2, 0) is 17.9 Å². The van der Waals surface area contributed by atoms with Crippen LogP contribution in [0.5, 0.6) is 0 Å². The average molecular weight is 288 g/mol. The van der Waals surface area contributed by atoms with E-state index in [2.05, 4.69) is 5.32 Å². The van der Waals surface area contributed by atoms with Gasteiger partial charge in [-0.3, -0.25) is 13.9 Å². The Hall–Kier alpha value is -2.50. The molecule has 2 rings (SSSR count). The molecule has 6 heteroatoms. The second-order valence-corrected chi connectivity index (χ2v) is 4.84. The Kier molecular flexibility index (Phi) is 4.81. The molecular formula is C15H20N4O2. The number of amides is 1. The van der Waals surface area contributed by atoms with Gasteiger partial charge in [0.05, 0.1) is 0 Å². The highest BCUT2D eigenvalue weighted by atomic mass is 16.2. The molecule has 2 aromatic rings. The van der Waals surface area contributed by atoms with E-state index in [4.69, 9.17) is 5.73 Å². The zero-order valence-electron chi connectivity index (χ0n) is 12.1. The third-order valence-corrected chi connectivity index (χ3v) is 3.23. The van der Waals surface area contributed by atoms with Crippen molar-refractivity contribution < 1.29 is 4.79 Å². The van der Waals surface area contributed by atoms with E-state index in [9.17, 15) is 9.59 Å². The van der Waals surface area contributed by atoms with Crippen LogP contribution in [-0.4, -0.2) is 15.0 Å². The lowest BCUT2D eigenvalue weighted by Crippen LogP contribution is -2.24. The van der Waals surface area contributed by atoms with Crippen LogP contribution in [0.2, 0.25) is 0 Å². The van der Waals surface area contributed by atoms with Crippen molar-refractivity contribution in [2.45, 2.75) is 32.9 Å². The SMILES string of the molecule is CCn1ccn(CCCC(=O)Nc2cccc(N)c2)c1=O. The Bertz CT molecular complexity index is 672. The number of aromatic nitrogens is 2. The van der Waals surface area contributed by atoms with Crippen LogP contribution in [0, 0.1) is 0 Å². The molecule has 3 N–H and O–H groups in total. The Labute approximate surface area is 123 Å². The van der Waals surface area contributed by atoms with E-state index in [1.807, 2.05) is 6.92 Å². The summed E-state index contributed by atoms with van der Waals surface area (Å²) in [4.78, 5) is 23.6. The molecule has 0 spiro atoms. The first-order valence-corrected chi connectivity index (χ1v) is 7.01. The number of hydrogen-bond acceptors (Lipinski definition) is 3. The summed E-state index contributed by atoms with van der Waals surface area (Å²) < 4.78 is 3.25. The summed E-state index contributed by atoms with van der Waals surface area (Å²) >= 11 is 0. The molecule has 0 aliphatic heterocycles. The third kappa shape index (κ3) is 3.98. The number of rotatable bonds is 6. The number of hydrogen-bond donors (Lipinski definition) is 2. The zero-order chi connectivity index (χ0) is 15.2. The highest BCUT2D eigenvalue weighted by molar-refractivity contribution is 5.91. The van der Waals surface area contributed by atoms with Crippen molar-refractivity contribution in [1.29, 1.82) is 0 Å². The zero-order valence-corrected chi connectivity index (χ0v) is 12.1. The first-order valence-electron chi connectivity index (χ1n) is 7.01. The first-order chi connectivity index (χ1) is 10.1. The van der Waals surface area contributed by atoms with Crippen molar-refractivity contribution in [3.63, 3.8) is 0 Å². The number of nitrogens with one attached hydrogen (secondary N) is 1. The van der Waals surface area contributed by atoms with E-state index in [-0.39, 0.29) is 11.6 Å². The summed E-state index contributed by atoms with van der Waals surface area (Å²) in [6.45, 7) is 3.11. The van der Waals surface area contributed by atoms with Gasteiger partial charge in [-0.25, -0.2) is 4.79 Å². The van der Waals surface area contributed by atoms with E-state index in [1.165, 1.54) is 0 Å². The molecule has 1 heterocycles. The van der Waals surface area contributed by atoms with Crippen LogP contribution < -0.4 is 16.7 Å². The molecule has 0 aliphatic rings. The van der Waals surface area contributed by atoms with Crippen molar-refractivity contribution in [3.05, 3.63) is 47.1 Å². The second kappa shape index (κ2) is 6.78. The molecule has 0 unspecified atom stereocenters. The van der Waals surface area contributed by atoms with Gasteiger partial charge in [-0.05, 0) is 31.5 Å². The molecule has 1 aromatic heterocycles. The topological polar surface area (TPSA) is 82.1 Å². The number of anilines is 2. The predicted molar refractivity (Wildman–Crippen MR) is 83.1 cm³/mol. The predicted octanol–water partition coefficient (Wildman–Crippen LogP) is 1.67. The number of carbonyl (C=O) groups excluding carboxylic acids is 1. The van der Waals surface area contributed by atoms with Gasteiger partial charge >= 0.3 is 5.69 Å². The molecule has 0 radical (unpaired) electrons. The standard InChI is InChI=1S/C15H20N4O2/c1-2-18-9-10-19(15(18)21)8-4-7-14(20)17-13-6-3-5-12(16)11-13/h3,5-6,9-11H,2,4,7-8,16H2,1H3,(H,17,20). The number of nitrogen functional groups attached to an aromatic ring is 1. The highest BCUT2D eigenvalue weighted by Gasteiger charge is 2.05. The van der Waals surface area contributed by atoms with Crippen molar-refractivity contribution in [1.82, 2.24) is 9.13 Å². The summed E-state index contributed by atoms with van der Waals surface area (Å²) in [5.41, 5.74) is 6.92. The summed E-state index contributed by atoms with van der Waals surface area (Å²) in [6, 6.07) is 7.06. The van der Waals surface area contributed by atoms with E-state index in [1.54, 1.807) is 45.8 Å². The van der Waals surface area contributed by atoms with E-state index in [0.29, 0.717) is 37.3 Å². The fraction of sp³-hybridized carbons (Fsp3) is 0.333. The number of nitrogens with zero attached hydrogens (tertiary/aromatic N) is 2. The van der Waals surface area contributed by atoms with Gasteiger partial charge < -0.3 is 11.1 Å². The van der Waals surface area contributed by atoms with Gasteiger partial charge in [0.1, 0.15) is 0 Å². The normalized spacial score (nSPS) is 10.5. The van der Waals surface area contributed by atoms with Gasteiger partial charge in [0.25, 0.3) is 0 Å². The molecule has 0 atom stereocenters. The Morgan fingerprint density at radius 2 is 2.05 bits per heavy atom. The number of aryl methyl sites for hydroxylation is 2. The molecule has 0 saturated heterocycles. The number of imidazole rings is 1. The Morgan fingerprint density at radius 1 is 1.29 bits per heavy atom. The lowest BCUT2D eigenvalue weighted by molar-refractivity contribution is -0.116. The molecule has 21 heavy (non-hydrogen) atoms. The van der Waals surface area contributed by atoms with Gasteiger partial charge in [0, 0.05) is 43.3 Å². The first kappa shape index (κ1) is 14.9. The molecule has 0 aliphatic carbocycles. The van der Waals surface area contributed by atoms with Crippen molar-refractivity contribution in [2.75, 3.05) is 11.1 Å². The Morgan fingerprint density at radius 3 is 2.71 bits per heavy atom.